The topological polar surface area (TPSA) is 0 Å². The van der Waals surface area contributed by atoms with Crippen LogP contribution in [0.4, 0.5) is 13.2 Å². The van der Waals surface area contributed by atoms with Crippen molar-refractivity contribution < 1.29 is 13.2 Å². The molecule has 2 aromatic rings. The maximum absolute atomic E-state index is 13.7. The molecule has 0 saturated heterocycles. The van der Waals surface area contributed by atoms with E-state index >= 15 is 0 Å². The van der Waals surface area contributed by atoms with Gasteiger partial charge in [-0.3, -0.25) is 0 Å². The molecular formula is C18H22F3S+. The van der Waals surface area contributed by atoms with Gasteiger partial charge in [-0.15, -0.1) is 13.2 Å². The Bertz CT molecular complexity index is 683. The lowest BCUT2D eigenvalue weighted by atomic mass is 9.87. The van der Waals surface area contributed by atoms with Crippen molar-refractivity contribution in [3.63, 3.8) is 0 Å². The molecule has 0 N–H and O–H groups in total. The van der Waals surface area contributed by atoms with Gasteiger partial charge < -0.3 is 0 Å². The largest absolute Gasteiger partial charge is 0.600 e. The Hall–Kier alpha value is -1.03. The van der Waals surface area contributed by atoms with E-state index in [0.29, 0.717) is 9.58 Å². The highest BCUT2D eigenvalue weighted by Gasteiger charge is 2.49. The first-order chi connectivity index (χ1) is 10.2. The maximum Gasteiger partial charge on any atom is 0.600 e. The van der Waals surface area contributed by atoms with Gasteiger partial charge in [-0.25, -0.2) is 0 Å². The Morgan fingerprint density at radius 1 is 1.00 bits per heavy atom. The molecular weight excluding hydrogens is 305 g/mol. The van der Waals surface area contributed by atoms with Gasteiger partial charge in [-0.1, -0.05) is 39.7 Å². The quantitative estimate of drug-likeness (QED) is 0.494. The summed E-state index contributed by atoms with van der Waals surface area (Å²) in [6.45, 7) is 6.13. The number of thiophene rings is 1. The van der Waals surface area contributed by atoms with Gasteiger partial charge >= 0.3 is 5.51 Å². The molecule has 0 aliphatic heterocycles. The lowest BCUT2D eigenvalue weighted by Gasteiger charge is -2.18. The summed E-state index contributed by atoms with van der Waals surface area (Å²) >= 11 is 0. The molecule has 0 amide bonds. The van der Waals surface area contributed by atoms with Gasteiger partial charge in [-0.05, 0) is 29.9 Å². The van der Waals surface area contributed by atoms with Crippen molar-refractivity contribution in [2.24, 2.45) is 0 Å². The number of hydrogen-bond acceptors (Lipinski definition) is 0. The second-order valence-electron chi connectivity index (χ2n) is 7.28. The minimum Gasteiger partial charge on any atom is -0.118 e. The van der Waals surface area contributed by atoms with Crippen molar-refractivity contribution in [3.05, 3.63) is 34.7 Å². The summed E-state index contributed by atoms with van der Waals surface area (Å²) in [7, 11) is -1.73. The van der Waals surface area contributed by atoms with Gasteiger partial charge in [0.2, 0.25) is 0 Å². The Balaban J connectivity index is 2.24. The molecule has 1 unspecified atom stereocenters. The highest BCUT2D eigenvalue weighted by atomic mass is 32.2. The van der Waals surface area contributed by atoms with Gasteiger partial charge in [0.05, 0.1) is 10.5 Å². The predicted molar refractivity (Wildman–Crippen MR) is 87.6 cm³/mol. The molecule has 0 radical (unpaired) electrons. The van der Waals surface area contributed by atoms with Crippen LogP contribution in [0, 0.1) is 0 Å². The number of benzene rings is 1. The predicted octanol–water partition coefficient (Wildman–Crippen LogP) is 7.02. The third-order valence-electron chi connectivity index (χ3n) is 4.62. The molecule has 0 bridgehead atoms. The van der Waals surface area contributed by atoms with E-state index in [4.69, 9.17) is 0 Å². The summed E-state index contributed by atoms with van der Waals surface area (Å²) in [6, 6.07) is 7.48. The van der Waals surface area contributed by atoms with E-state index in [1.807, 2.05) is 39.0 Å². The molecule has 22 heavy (non-hydrogen) atoms. The second kappa shape index (κ2) is 5.26. The first-order valence-electron chi connectivity index (χ1n) is 7.85. The van der Waals surface area contributed by atoms with Crippen LogP contribution in [0.1, 0.15) is 62.8 Å². The fourth-order valence-corrected chi connectivity index (χ4v) is 5.58. The zero-order chi connectivity index (χ0) is 16.1. The summed E-state index contributed by atoms with van der Waals surface area (Å²) in [6.07, 6.45) is 3.93. The zero-order valence-electron chi connectivity index (χ0n) is 13.3. The number of alkyl halides is 3. The maximum atomic E-state index is 13.7. The van der Waals surface area contributed by atoms with E-state index in [-0.39, 0.29) is 11.3 Å². The molecule has 1 aromatic heterocycles. The molecule has 1 heterocycles. The Kier molecular flexibility index (Phi) is 3.79. The normalized spacial score (nSPS) is 18.4. The van der Waals surface area contributed by atoms with Crippen LogP contribution in [0.2, 0.25) is 0 Å². The van der Waals surface area contributed by atoms with Gasteiger partial charge in [-0.2, -0.15) is 0 Å². The Morgan fingerprint density at radius 2 is 1.64 bits per heavy atom. The summed E-state index contributed by atoms with van der Waals surface area (Å²) in [5, 5.41) is 0.774. The standard InChI is InChI=1S/C18H22F3S/c1-17(2,3)14-9-8-13-10-15(12-6-4-5-7-12)22(16(13)11-14)18(19,20)21/h8-12H,4-7H2,1-3H3/q+1. The highest BCUT2D eigenvalue weighted by molar-refractivity contribution is 7.38. The van der Waals surface area contributed by atoms with Crippen molar-refractivity contribution in [1.82, 2.24) is 0 Å². The summed E-state index contributed by atoms with van der Waals surface area (Å²) < 4.78 is 41.7. The number of fused-ring (bicyclic) bond motifs is 1. The van der Waals surface area contributed by atoms with Crippen molar-refractivity contribution in [2.75, 3.05) is 0 Å². The van der Waals surface area contributed by atoms with Gasteiger partial charge in [0.1, 0.15) is 0 Å². The van der Waals surface area contributed by atoms with Crippen LogP contribution in [0.15, 0.2) is 24.3 Å². The van der Waals surface area contributed by atoms with Crippen molar-refractivity contribution in [1.29, 1.82) is 0 Å². The minimum absolute atomic E-state index is 0.121. The molecule has 1 aliphatic carbocycles. The van der Waals surface area contributed by atoms with Crippen LogP contribution in [0.25, 0.3) is 10.1 Å². The average molecular weight is 327 g/mol. The van der Waals surface area contributed by atoms with Crippen molar-refractivity contribution >= 4 is 20.6 Å². The third-order valence-corrected chi connectivity index (χ3v) is 6.80. The van der Waals surface area contributed by atoms with Crippen molar-refractivity contribution in [3.8, 4) is 0 Å². The van der Waals surface area contributed by atoms with Crippen LogP contribution in [0.3, 0.4) is 0 Å². The summed E-state index contributed by atoms with van der Waals surface area (Å²) in [4.78, 5) is 0.631. The molecule has 1 aliphatic rings. The lowest BCUT2D eigenvalue weighted by Crippen LogP contribution is -2.10. The zero-order valence-corrected chi connectivity index (χ0v) is 14.1. The first-order valence-corrected chi connectivity index (χ1v) is 9.07. The van der Waals surface area contributed by atoms with E-state index in [0.717, 1.165) is 36.6 Å². The highest BCUT2D eigenvalue weighted by Crippen LogP contribution is 2.55. The van der Waals surface area contributed by atoms with E-state index in [9.17, 15) is 13.2 Å². The molecule has 1 fully saturated rings. The van der Waals surface area contributed by atoms with E-state index < -0.39 is 16.0 Å². The Morgan fingerprint density at radius 3 is 2.18 bits per heavy atom. The molecule has 0 spiro atoms. The molecule has 0 nitrogen and oxygen atoms in total. The van der Waals surface area contributed by atoms with Crippen LogP contribution < -0.4 is 0 Å². The van der Waals surface area contributed by atoms with Crippen LogP contribution >= 0.6 is 10.5 Å². The van der Waals surface area contributed by atoms with Crippen LogP contribution in [-0.2, 0) is 10.9 Å². The number of halogens is 3. The van der Waals surface area contributed by atoms with E-state index in [1.54, 1.807) is 6.07 Å². The molecule has 1 saturated carbocycles. The van der Waals surface area contributed by atoms with Gasteiger partial charge in [0.25, 0.3) is 0 Å². The van der Waals surface area contributed by atoms with Crippen molar-refractivity contribution in [2.45, 2.75) is 63.3 Å². The van der Waals surface area contributed by atoms with E-state index in [1.165, 1.54) is 0 Å². The minimum atomic E-state index is -4.17. The lowest BCUT2D eigenvalue weighted by molar-refractivity contribution is -0.0868. The SMILES string of the molecule is CC(C)(C)c1ccc2cc(C3CCCC3)[s+](C(F)(F)F)c2c1. The summed E-state index contributed by atoms with van der Waals surface area (Å²) in [5.41, 5.74) is -3.32. The van der Waals surface area contributed by atoms with Crippen LogP contribution in [-0.4, -0.2) is 0 Å². The first kappa shape index (κ1) is 15.9. The smallest absolute Gasteiger partial charge is 0.118 e. The Labute approximate surface area is 132 Å². The van der Waals surface area contributed by atoms with E-state index in [2.05, 4.69) is 0 Å². The third kappa shape index (κ3) is 2.78. The molecule has 3 rings (SSSR count). The molecule has 1 aromatic carbocycles. The fourth-order valence-electron chi connectivity index (χ4n) is 3.39. The fraction of sp³-hybridized carbons (Fsp3) is 0.556. The van der Waals surface area contributed by atoms with Gasteiger partial charge in [0.15, 0.2) is 9.58 Å². The monoisotopic (exact) mass is 327 g/mol. The molecule has 4 heteroatoms. The number of rotatable bonds is 1. The second-order valence-corrected chi connectivity index (χ2v) is 9.27. The van der Waals surface area contributed by atoms with Gasteiger partial charge in [0, 0.05) is 23.4 Å². The van der Waals surface area contributed by atoms with Crippen LogP contribution in [0.5, 0.6) is 0 Å². The molecule has 120 valence electrons. The summed E-state index contributed by atoms with van der Waals surface area (Å²) in [5.74, 6) is 0.121. The average Bonchev–Trinajstić information content (AvgIpc) is 3.02. The molecule has 1 atom stereocenters. The number of hydrogen-bond donors (Lipinski definition) is 0.